The van der Waals surface area contributed by atoms with Crippen LogP contribution in [-0.4, -0.2) is 27.2 Å². The van der Waals surface area contributed by atoms with E-state index < -0.39 is 5.97 Å². The Hall–Kier alpha value is -3.60. The largest absolute Gasteiger partial charge is 0.493 e. The van der Waals surface area contributed by atoms with Crippen LogP contribution < -0.4 is 4.74 Å². The summed E-state index contributed by atoms with van der Waals surface area (Å²) in [5, 5.41) is 9.13. The fourth-order valence-corrected chi connectivity index (χ4v) is 5.23. The molecule has 2 aliphatic rings. The number of aryl methyl sites for hydroxylation is 2. The summed E-state index contributed by atoms with van der Waals surface area (Å²) in [6.45, 7) is 2.67. The van der Waals surface area contributed by atoms with Crippen molar-refractivity contribution in [3.8, 4) is 11.4 Å². The molecular formula is C29H28N2O3. The molecule has 4 aromatic rings. The summed E-state index contributed by atoms with van der Waals surface area (Å²) in [5.74, 6) is 1.76. The van der Waals surface area contributed by atoms with E-state index in [0.29, 0.717) is 12.5 Å². The second-order valence-corrected chi connectivity index (χ2v) is 9.61. The van der Waals surface area contributed by atoms with Gasteiger partial charge in [-0.3, -0.25) is 9.36 Å². The third-order valence-corrected chi connectivity index (χ3v) is 7.25. The standard InChI is InChI=1S/C29H28N2O3/c1-18-20(11-9-19-10-14-23-22(16-28(32)33)17-34-27(23)15-19)5-4-8-25(18)31-26-7-3-2-6-24(26)30-29(31)21-12-13-21/h2-8,10,14-15,21-22H,9,11-13,16-17H2,1H3,(H,32,33)/t22-/m1/s1. The van der Waals surface area contributed by atoms with Crippen LogP contribution in [-0.2, 0) is 17.6 Å². The van der Waals surface area contributed by atoms with Gasteiger partial charge in [-0.1, -0.05) is 36.4 Å². The smallest absolute Gasteiger partial charge is 0.304 e. The lowest BCUT2D eigenvalue weighted by Crippen LogP contribution is -2.07. The van der Waals surface area contributed by atoms with Gasteiger partial charge in [-0.05, 0) is 73.6 Å². The van der Waals surface area contributed by atoms with Gasteiger partial charge in [-0.15, -0.1) is 0 Å². The van der Waals surface area contributed by atoms with Crippen molar-refractivity contribution in [3.05, 3.63) is 88.7 Å². The number of fused-ring (bicyclic) bond motifs is 2. The number of imidazole rings is 1. The van der Waals surface area contributed by atoms with Crippen molar-refractivity contribution in [2.45, 2.75) is 50.9 Å². The van der Waals surface area contributed by atoms with E-state index in [1.54, 1.807) is 0 Å². The summed E-state index contributed by atoms with van der Waals surface area (Å²) < 4.78 is 8.18. The van der Waals surface area contributed by atoms with Crippen LogP contribution in [0.15, 0.2) is 60.7 Å². The molecule has 1 aromatic heterocycles. The van der Waals surface area contributed by atoms with E-state index in [2.05, 4.69) is 66.1 Å². The zero-order chi connectivity index (χ0) is 23.2. The van der Waals surface area contributed by atoms with Gasteiger partial charge in [0.2, 0.25) is 0 Å². The quantitative estimate of drug-likeness (QED) is 0.376. The highest BCUT2D eigenvalue weighted by molar-refractivity contribution is 5.79. The van der Waals surface area contributed by atoms with Crippen molar-refractivity contribution < 1.29 is 14.6 Å². The van der Waals surface area contributed by atoms with Crippen molar-refractivity contribution >= 4 is 17.0 Å². The fraction of sp³-hybridized carbons (Fsp3) is 0.310. The molecule has 0 radical (unpaired) electrons. The molecule has 0 saturated heterocycles. The molecule has 1 aliphatic heterocycles. The molecule has 3 aromatic carbocycles. The Morgan fingerprint density at radius 3 is 2.76 bits per heavy atom. The molecule has 1 saturated carbocycles. The van der Waals surface area contributed by atoms with Gasteiger partial charge < -0.3 is 9.84 Å². The molecule has 0 spiro atoms. The van der Waals surface area contributed by atoms with Crippen LogP contribution in [0.25, 0.3) is 16.7 Å². The Balaban J connectivity index is 1.27. The summed E-state index contributed by atoms with van der Waals surface area (Å²) in [5.41, 5.74) is 8.33. The summed E-state index contributed by atoms with van der Waals surface area (Å²) in [4.78, 5) is 16.1. The van der Waals surface area contributed by atoms with Crippen LogP contribution in [0.5, 0.6) is 5.75 Å². The highest BCUT2D eigenvalue weighted by Gasteiger charge is 2.30. The molecule has 5 heteroatoms. The minimum absolute atomic E-state index is 0.0499. The first-order valence-corrected chi connectivity index (χ1v) is 12.1. The van der Waals surface area contributed by atoms with Gasteiger partial charge in [-0.25, -0.2) is 4.98 Å². The molecule has 1 fully saturated rings. The number of ether oxygens (including phenoxy) is 1. The highest BCUT2D eigenvalue weighted by atomic mass is 16.5. The topological polar surface area (TPSA) is 64.3 Å². The van der Waals surface area contributed by atoms with Crippen molar-refractivity contribution in [3.63, 3.8) is 0 Å². The first-order valence-electron chi connectivity index (χ1n) is 12.1. The third-order valence-electron chi connectivity index (χ3n) is 7.25. The van der Waals surface area contributed by atoms with Crippen LogP contribution in [0.3, 0.4) is 0 Å². The van der Waals surface area contributed by atoms with Crippen molar-refractivity contribution in [2.24, 2.45) is 0 Å². The van der Waals surface area contributed by atoms with E-state index in [9.17, 15) is 4.79 Å². The molecule has 1 aliphatic carbocycles. The van der Waals surface area contributed by atoms with Gasteiger partial charge in [0, 0.05) is 17.4 Å². The van der Waals surface area contributed by atoms with E-state index in [1.807, 2.05) is 6.07 Å². The van der Waals surface area contributed by atoms with Gasteiger partial charge in [0.15, 0.2) is 0 Å². The molecule has 0 amide bonds. The minimum Gasteiger partial charge on any atom is -0.493 e. The van der Waals surface area contributed by atoms with Gasteiger partial charge in [0.25, 0.3) is 0 Å². The molecule has 0 unspecified atom stereocenters. The molecule has 34 heavy (non-hydrogen) atoms. The van der Waals surface area contributed by atoms with Gasteiger partial charge in [0.1, 0.15) is 11.6 Å². The number of benzene rings is 3. The maximum atomic E-state index is 11.1. The number of carboxylic acid groups (broad SMARTS) is 1. The average molecular weight is 453 g/mol. The number of hydrogen-bond donors (Lipinski definition) is 1. The SMILES string of the molecule is Cc1c(CCc2ccc3c(c2)OC[C@H]3CC(=O)O)cccc1-n1c(C2CC2)nc2ccccc21. The van der Waals surface area contributed by atoms with Crippen molar-refractivity contribution in [1.82, 2.24) is 9.55 Å². The number of carboxylic acids is 1. The Bertz CT molecular complexity index is 1400. The number of carbonyl (C=O) groups is 1. The van der Waals surface area contributed by atoms with Crippen LogP contribution in [0, 0.1) is 6.92 Å². The third kappa shape index (κ3) is 3.75. The summed E-state index contributed by atoms with van der Waals surface area (Å²) >= 11 is 0. The first kappa shape index (κ1) is 21.0. The fourth-order valence-electron chi connectivity index (χ4n) is 5.23. The molecule has 0 bridgehead atoms. The van der Waals surface area contributed by atoms with Crippen LogP contribution in [0.1, 0.15) is 59.2 Å². The number of aromatic nitrogens is 2. The Labute approximate surface area is 199 Å². The number of aliphatic carboxylic acids is 1. The molecule has 2 heterocycles. The minimum atomic E-state index is -0.781. The van der Waals surface area contributed by atoms with E-state index in [4.69, 9.17) is 14.8 Å². The Morgan fingerprint density at radius 1 is 1.09 bits per heavy atom. The number of para-hydroxylation sites is 2. The molecule has 1 N–H and O–H groups in total. The summed E-state index contributed by atoms with van der Waals surface area (Å²) in [7, 11) is 0. The van der Waals surface area contributed by atoms with E-state index in [1.165, 1.54) is 46.6 Å². The Morgan fingerprint density at radius 2 is 1.94 bits per heavy atom. The van der Waals surface area contributed by atoms with Crippen molar-refractivity contribution in [1.29, 1.82) is 0 Å². The monoisotopic (exact) mass is 452 g/mol. The summed E-state index contributed by atoms with van der Waals surface area (Å²) in [6, 6.07) is 21.3. The van der Waals surface area contributed by atoms with E-state index in [0.717, 1.165) is 29.7 Å². The zero-order valence-corrected chi connectivity index (χ0v) is 19.3. The highest BCUT2D eigenvalue weighted by Crippen LogP contribution is 2.42. The normalized spacial score (nSPS) is 17.0. The molecule has 1 atom stereocenters. The van der Waals surface area contributed by atoms with Gasteiger partial charge >= 0.3 is 5.97 Å². The number of hydrogen-bond acceptors (Lipinski definition) is 3. The van der Waals surface area contributed by atoms with Gasteiger partial charge in [-0.2, -0.15) is 0 Å². The maximum Gasteiger partial charge on any atom is 0.304 e. The van der Waals surface area contributed by atoms with Crippen LogP contribution >= 0.6 is 0 Å². The van der Waals surface area contributed by atoms with Crippen LogP contribution in [0.4, 0.5) is 0 Å². The lowest BCUT2D eigenvalue weighted by molar-refractivity contribution is -0.137. The second-order valence-electron chi connectivity index (χ2n) is 9.61. The first-order chi connectivity index (χ1) is 16.6. The van der Waals surface area contributed by atoms with Crippen molar-refractivity contribution in [2.75, 3.05) is 6.61 Å². The predicted octanol–water partition coefficient (Wildman–Crippen LogP) is 5.95. The second kappa shape index (κ2) is 8.32. The lowest BCUT2D eigenvalue weighted by atomic mass is 9.94. The Kier molecular flexibility index (Phi) is 5.13. The average Bonchev–Trinajstić information content (AvgIpc) is 3.51. The molecule has 5 nitrogen and oxygen atoms in total. The lowest BCUT2D eigenvalue weighted by Gasteiger charge is -2.16. The predicted molar refractivity (Wildman–Crippen MR) is 132 cm³/mol. The molecule has 172 valence electrons. The number of rotatable bonds is 7. The van der Waals surface area contributed by atoms with E-state index >= 15 is 0 Å². The zero-order valence-electron chi connectivity index (χ0n) is 19.3. The van der Waals surface area contributed by atoms with Gasteiger partial charge in [0.05, 0.1) is 29.7 Å². The van der Waals surface area contributed by atoms with E-state index in [-0.39, 0.29) is 12.3 Å². The maximum absolute atomic E-state index is 11.1. The van der Waals surface area contributed by atoms with Crippen LogP contribution in [0.2, 0.25) is 0 Å². The number of nitrogens with zero attached hydrogens (tertiary/aromatic N) is 2. The molecular weight excluding hydrogens is 424 g/mol. The molecule has 6 rings (SSSR count). The summed E-state index contributed by atoms with van der Waals surface area (Å²) in [6.07, 6.45) is 4.39.